The summed E-state index contributed by atoms with van der Waals surface area (Å²) in [4.78, 5) is 25.0. The first-order chi connectivity index (χ1) is 14.8. The van der Waals surface area contributed by atoms with Gasteiger partial charge in [-0.05, 0) is 41.5 Å². The van der Waals surface area contributed by atoms with Crippen LogP contribution in [-0.2, 0) is 5.41 Å². The minimum Gasteiger partial charge on any atom is -0.366 e. The van der Waals surface area contributed by atoms with Crippen molar-refractivity contribution in [3.8, 4) is 0 Å². The number of hydrogen-bond acceptors (Lipinski definition) is 4. The molecule has 6 nitrogen and oxygen atoms in total. The van der Waals surface area contributed by atoms with Gasteiger partial charge in [0, 0.05) is 28.8 Å². The van der Waals surface area contributed by atoms with Gasteiger partial charge in [-0.3, -0.25) is 10.1 Å². The summed E-state index contributed by atoms with van der Waals surface area (Å²) < 4.78 is 0. The van der Waals surface area contributed by atoms with E-state index in [1.807, 2.05) is 55.7 Å². The monoisotopic (exact) mass is 431 g/mol. The molecule has 0 radical (unpaired) electrons. The summed E-state index contributed by atoms with van der Waals surface area (Å²) in [6, 6.07) is 14.0. The van der Waals surface area contributed by atoms with E-state index in [-0.39, 0.29) is 11.3 Å². The normalized spacial score (nSPS) is 12.2. The predicted octanol–water partition coefficient (Wildman–Crippen LogP) is 5.76. The smallest absolute Gasteiger partial charge is 0.277 e. The molecule has 0 fully saturated rings. The number of anilines is 1. The molecule has 3 N–H and O–H groups in total. The quantitative estimate of drug-likeness (QED) is 0.285. The number of carbonyl (C=O) groups excluding carboxylic acids is 1. The molecule has 4 aromatic rings. The molecule has 0 spiro atoms. The van der Waals surface area contributed by atoms with Crippen molar-refractivity contribution in [1.82, 2.24) is 15.3 Å². The number of carbonyl (C=O) groups is 1. The summed E-state index contributed by atoms with van der Waals surface area (Å²) in [6.45, 7) is 8.31. The lowest BCUT2D eigenvalue weighted by molar-refractivity contribution is 0.0972. The molecule has 31 heavy (non-hydrogen) atoms. The molecule has 0 bridgehead atoms. The molecule has 0 atom stereocenters. The van der Waals surface area contributed by atoms with Gasteiger partial charge in [0.15, 0.2) is 0 Å². The lowest BCUT2D eigenvalue weighted by Gasteiger charge is -2.21. The first-order valence-corrected chi connectivity index (χ1v) is 10.9. The maximum absolute atomic E-state index is 12.8. The van der Waals surface area contributed by atoms with Gasteiger partial charge in [0.2, 0.25) is 5.96 Å². The number of fused-ring (bicyclic) bond motifs is 1. The first-order valence-electron chi connectivity index (χ1n) is 10.0. The van der Waals surface area contributed by atoms with E-state index in [1.165, 1.54) is 11.3 Å². The second-order valence-corrected chi connectivity index (χ2v) is 9.42. The molecular weight excluding hydrogens is 406 g/mol. The zero-order valence-electron chi connectivity index (χ0n) is 18.0. The Balaban J connectivity index is 1.71. The predicted molar refractivity (Wildman–Crippen MR) is 128 cm³/mol. The molecule has 158 valence electrons. The average Bonchev–Trinajstić information content (AvgIpc) is 3.36. The van der Waals surface area contributed by atoms with E-state index in [4.69, 9.17) is 4.99 Å². The van der Waals surface area contributed by atoms with Gasteiger partial charge in [-0.15, -0.1) is 11.3 Å². The molecule has 2 heterocycles. The van der Waals surface area contributed by atoms with Gasteiger partial charge in [0.1, 0.15) is 5.69 Å². The number of aromatic nitrogens is 2. The number of aliphatic imine (C=N–C) groups is 1. The van der Waals surface area contributed by atoms with Crippen LogP contribution in [0.3, 0.4) is 0 Å². The number of amides is 1. The van der Waals surface area contributed by atoms with Gasteiger partial charge in [-0.1, -0.05) is 45.0 Å². The number of H-pyrrole nitrogens is 1. The van der Waals surface area contributed by atoms with Gasteiger partial charge < -0.3 is 10.3 Å². The Morgan fingerprint density at radius 3 is 2.61 bits per heavy atom. The van der Waals surface area contributed by atoms with Crippen molar-refractivity contribution in [3.63, 3.8) is 0 Å². The Bertz CT molecular complexity index is 1260. The number of para-hydroxylation sites is 1. The fourth-order valence-electron chi connectivity index (χ4n) is 3.32. The molecule has 2 aromatic carbocycles. The zero-order chi connectivity index (χ0) is 22.0. The molecule has 0 aliphatic rings. The third kappa shape index (κ3) is 4.83. The van der Waals surface area contributed by atoms with Crippen LogP contribution in [0, 0.1) is 6.92 Å². The molecule has 2 aromatic heterocycles. The molecule has 4 rings (SSSR count). The van der Waals surface area contributed by atoms with E-state index < -0.39 is 0 Å². The maximum Gasteiger partial charge on any atom is 0.277 e. The second kappa shape index (κ2) is 8.35. The summed E-state index contributed by atoms with van der Waals surface area (Å²) >= 11 is 1.44. The highest BCUT2D eigenvalue weighted by atomic mass is 32.1. The van der Waals surface area contributed by atoms with Crippen LogP contribution in [0.25, 0.3) is 10.8 Å². The van der Waals surface area contributed by atoms with Crippen LogP contribution in [0.15, 0.2) is 65.2 Å². The number of benzene rings is 2. The number of thiazole rings is 1. The fraction of sp³-hybridized carbons (Fsp3) is 0.208. The fourth-order valence-corrected chi connectivity index (χ4v) is 3.91. The SMILES string of the molecule is Cc1nc(C(=O)NC(=Nc2ccccc2C(C)(C)C)Nc2ccc3c[nH]cc3c2)cs1. The second-order valence-electron chi connectivity index (χ2n) is 8.36. The third-order valence-electron chi connectivity index (χ3n) is 4.86. The minimum absolute atomic E-state index is 0.0920. The summed E-state index contributed by atoms with van der Waals surface area (Å²) in [7, 11) is 0. The van der Waals surface area contributed by atoms with E-state index >= 15 is 0 Å². The Labute approximate surface area is 185 Å². The van der Waals surface area contributed by atoms with E-state index in [0.29, 0.717) is 11.7 Å². The highest BCUT2D eigenvalue weighted by Gasteiger charge is 2.19. The number of guanidine groups is 1. The van der Waals surface area contributed by atoms with Gasteiger partial charge in [0.25, 0.3) is 5.91 Å². The van der Waals surface area contributed by atoms with Gasteiger partial charge >= 0.3 is 0 Å². The van der Waals surface area contributed by atoms with E-state index in [2.05, 4.69) is 47.4 Å². The van der Waals surface area contributed by atoms with Crippen LogP contribution in [-0.4, -0.2) is 21.8 Å². The first kappa shape index (κ1) is 20.8. The lowest BCUT2D eigenvalue weighted by Crippen LogP contribution is -2.36. The molecule has 0 unspecified atom stereocenters. The maximum atomic E-state index is 12.8. The minimum atomic E-state index is -0.299. The van der Waals surface area contributed by atoms with Gasteiger partial charge in [0.05, 0.1) is 10.7 Å². The van der Waals surface area contributed by atoms with Gasteiger partial charge in [-0.2, -0.15) is 0 Å². The Kier molecular flexibility index (Phi) is 5.61. The van der Waals surface area contributed by atoms with Crippen LogP contribution < -0.4 is 10.6 Å². The van der Waals surface area contributed by atoms with Crippen molar-refractivity contribution in [3.05, 3.63) is 76.5 Å². The van der Waals surface area contributed by atoms with Crippen molar-refractivity contribution in [1.29, 1.82) is 0 Å². The Hall–Kier alpha value is -3.45. The van der Waals surface area contributed by atoms with Crippen molar-refractivity contribution in [2.45, 2.75) is 33.1 Å². The van der Waals surface area contributed by atoms with E-state index in [1.54, 1.807) is 5.38 Å². The summed E-state index contributed by atoms with van der Waals surface area (Å²) in [6.07, 6.45) is 3.88. The average molecular weight is 432 g/mol. The number of hydrogen-bond donors (Lipinski definition) is 3. The molecular formula is C24H25N5OS. The lowest BCUT2D eigenvalue weighted by atomic mass is 9.86. The molecule has 0 aliphatic carbocycles. The summed E-state index contributed by atoms with van der Waals surface area (Å²) in [5.41, 5.74) is 3.01. The van der Waals surface area contributed by atoms with Crippen molar-refractivity contribution in [2.75, 3.05) is 5.32 Å². The number of rotatable bonds is 3. The topological polar surface area (TPSA) is 82.2 Å². The number of nitrogens with one attached hydrogen (secondary N) is 3. The Morgan fingerprint density at radius 2 is 1.87 bits per heavy atom. The van der Waals surface area contributed by atoms with Crippen LogP contribution in [0.1, 0.15) is 41.8 Å². The van der Waals surface area contributed by atoms with Crippen LogP contribution in [0.2, 0.25) is 0 Å². The number of nitrogens with zero attached hydrogens (tertiary/aromatic N) is 2. The highest BCUT2D eigenvalue weighted by Crippen LogP contribution is 2.31. The number of aromatic amines is 1. The van der Waals surface area contributed by atoms with Crippen LogP contribution in [0.4, 0.5) is 11.4 Å². The summed E-state index contributed by atoms with van der Waals surface area (Å²) in [5, 5.41) is 10.9. The van der Waals surface area contributed by atoms with Crippen LogP contribution >= 0.6 is 11.3 Å². The van der Waals surface area contributed by atoms with Crippen molar-refractivity contribution < 1.29 is 4.79 Å². The zero-order valence-corrected chi connectivity index (χ0v) is 18.8. The number of aryl methyl sites for hydroxylation is 1. The molecule has 0 saturated carbocycles. The van der Waals surface area contributed by atoms with Crippen LogP contribution in [0.5, 0.6) is 0 Å². The standard InChI is InChI=1S/C24H25N5OS/c1-15-26-21(14-31-15)22(30)29-23(27-18-10-9-16-12-25-13-17(16)11-18)28-20-8-6-5-7-19(20)24(2,3)4/h5-14,25H,1-4H3,(H2,27,28,29,30). The molecule has 7 heteroatoms. The molecule has 1 amide bonds. The van der Waals surface area contributed by atoms with E-state index in [0.717, 1.165) is 32.7 Å². The third-order valence-corrected chi connectivity index (χ3v) is 5.63. The molecule has 0 saturated heterocycles. The van der Waals surface area contributed by atoms with Gasteiger partial charge in [-0.25, -0.2) is 9.98 Å². The largest absolute Gasteiger partial charge is 0.366 e. The molecule has 0 aliphatic heterocycles. The highest BCUT2D eigenvalue weighted by molar-refractivity contribution is 7.09. The Morgan fingerprint density at radius 1 is 1.10 bits per heavy atom. The van der Waals surface area contributed by atoms with Crippen molar-refractivity contribution in [2.24, 2.45) is 4.99 Å². The van der Waals surface area contributed by atoms with Crippen molar-refractivity contribution >= 4 is 45.4 Å². The van der Waals surface area contributed by atoms with E-state index in [9.17, 15) is 4.79 Å². The summed E-state index contributed by atoms with van der Waals surface area (Å²) in [5.74, 6) is 0.0498.